The number of likely N-dealkylation sites (tertiary alicyclic amines) is 2. The fraction of sp³-hybridized carbons (Fsp3) is 0.450. The van der Waals surface area contributed by atoms with Gasteiger partial charge in [0.1, 0.15) is 17.9 Å². The van der Waals surface area contributed by atoms with Gasteiger partial charge in [-0.2, -0.15) is 0 Å². The molecule has 0 radical (unpaired) electrons. The Morgan fingerprint density at radius 3 is 2.70 bits per heavy atom. The molecule has 0 spiro atoms. The minimum Gasteiger partial charge on any atom is -0.487 e. The third kappa shape index (κ3) is 3.83. The molecule has 27 heavy (non-hydrogen) atoms. The molecule has 2 saturated heterocycles. The fourth-order valence-electron chi connectivity index (χ4n) is 3.79. The molecule has 0 aliphatic carbocycles. The molecule has 2 amide bonds. The largest absolute Gasteiger partial charge is 0.487 e. The zero-order valence-corrected chi connectivity index (χ0v) is 16.2. The number of aryl methyl sites for hydroxylation is 1. The molecular weight excluding hydrogens is 362 g/mol. The monoisotopic (exact) mass is 385 g/mol. The van der Waals surface area contributed by atoms with E-state index in [9.17, 15) is 9.59 Å². The maximum absolute atomic E-state index is 13.1. The van der Waals surface area contributed by atoms with Gasteiger partial charge in [-0.05, 0) is 44.0 Å². The van der Waals surface area contributed by atoms with Gasteiger partial charge in [0.25, 0.3) is 5.91 Å². The number of rotatable bonds is 4. The molecule has 0 saturated carbocycles. The third-order valence-electron chi connectivity index (χ3n) is 5.11. The molecule has 0 unspecified atom stereocenters. The minimum absolute atomic E-state index is 0.0476. The van der Waals surface area contributed by atoms with Crippen molar-refractivity contribution in [2.24, 2.45) is 0 Å². The Morgan fingerprint density at radius 2 is 2.04 bits per heavy atom. The molecule has 2 aromatic heterocycles. The number of aromatic nitrogens is 1. The average molecular weight is 385 g/mol. The third-order valence-corrected chi connectivity index (χ3v) is 6.10. The molecule has 4 heterocycles. The Bertz CT molecular complexity index is 817. The molecule has 4 rings (SSSR count). The van der Waals surface area contributed by atoms with Crippen molar-refractivity contribution in [2.45, 2.75) is 38.3 Å². The Morgan fingerprint density at radius 1 is 1.22 bits per heavy atom. The van der Waals surface area contributed by atoms with Gasteiger partial charge in [-0.15, -0.1) is 11.3 Å². The zero-order chi connectivity index (χ0) is 18.8. The van der Waals surface area contributed by atoms with Crippen molar-refractivity contribution < 1.29 is 14.3 Å². The summed E-state index contributed by atoms with van der Waals surface area (Å²) in [6.07, 6.45) is 5.72. The Balaban J connectivity index is 1.55. The van der Waals surface area contributed by atoms with Crippen molar-refractivity contribution in [2.75, 3.05) is 19.6 Å². The lowest BCUT2D eigenvalue weighted by atomic mass is 10.1. The van der Waals surface area contributed by atoms with E-state index in [0.29, 0.717) is 23.6 Å². The molecule has 6 nitrogen and oxygen atoms in total. The van der Waals surface area contributed by atoms with Crippen LogP contribution in [0, 0.1) is 6.92 Å². The topological polar surface area (TPSA) is 62.7 Å². The van der Waals surface area contributed by atoms with Gasteiger partial charge >= 0.3 is 0 Å². The number of nitrogens with zero attached hydrogens (tertiary/aromatic N) is 3. The molecular formula is C20H23N3O3S. The molecule has 0 bridgehead atoms. The molecule has 2 aliphatic rings. The van der Waals surface area contributed by atoms with Crippen molar-refractivity contribution in [3.8, 4) is 5.75 Å². The van der Waals surface area contributed by atoms with Crippen LogP contribution in [0.3, 0.4) is 0 Å². The molecule has 7 heteroatoms. The maximum atomic E-state index is 13.1. The van der Waals surface area contributed by atoms with Gasteiger partial charge in [0.05, 0.1) is 17.6 Å². The first-order valence-electron chi connectivity index (χ1n) is 9.34. The van der Waals surface area contributed by atoms with Crippen LogP contribution >= 0.6 is 11.3 Å². The second-order valence-electron chi connectivity index (χ2n) is 7.08. The molecule has 0 N–H and O–H groups in total. The highest BCUT2D eigenvalue weighted by Gasteiger charge is 2.43. The van der Waals surface area contributed by atoms with Crippen molar-refractivity contribution >= 4 is 23.2 Å². The number of hydrogen-bond donors (Lipinski definition) is 0. The summed E-state index contributed by atoms with van der Waals surface area (Å²) < 4.78 is 6.02. The number of ether oxygens (including phenoxy) is 1. The Hall–Kier alpha value is -2.41. The van der Waals surface area contributed by atoms with E-state index in [1.165, 1.54) is 11.3 Å². The first kappa shape index (κ1) is 18.0. The number of hydrogen-bond acceptors (Lipinski definition) is 5. The highest BCUT2D eigenvalue weighted by molar-refractivity contribution is 7.13. The lowest BCUT2D eigenvalue weighted by molar-refractivity contribution is -0.134. The summed E-state index contributed by atoms with van der Waals surface area (Å²) in [4.78, 5) is 35.6. The summed E-state index contributed by atoms with van der Waals surface area (Å²) in [6, 6.07) is 6.98. The van der Waals surface area contributed by atoms with Crippen LogP contribution in [-0.2, 0) is 4.79 Å². The van der Waals surface area contributed by atoms with Gasteiger partial charge in [-0.1, -0.05) is 0 Å². The maximum Gasteiger partial charge on any atom is 0.264 e. The summed E-state index contributed by atoms with van der Waals surface area (Å²) in [6.45, 7) is 3.95. The quantitative estimate of drug-likeness (QED) is 0.812. The number of amides is 2. The highest BCUT2D eigenvalue weighted by atomic mass is 32.1. The van der Waals surface area contributed by atoms with E-state index in [1.807, 2.05) is 36.1 Å². The predicted molar refractivity (Wildman–Crippen MR) is 103 cm³/mol. The second kappa shape index (κ2) is 7.68. The minimum atomic E-state index is -0.459. The van der Waals surface area contributed by atoms with E-state index in [1.54, 1.807) is 17.3 Å². The van der Waals surface area contributed by atoms with E-state index in [-0.39, 0.29) is 17.9 Å². The first-order chi connectivity index (χ1) is 13.1. The number of pyridine rings is 1. The molecule has 2 fully saturated rings. The fourth-order valence-corrected chi connectivity index (χ4v) is 4.61. The van der Waals surface area contributed by atoms with Crippen LogP contribution in [0.2, 0.25) is 0 Å². The van der Waals surface area contributed by atoms with Gasteiger partial charge in [-0.25, -0.2) is 0 Å². The molecule has 2 aromatic rings. The zero-order valence-electron chi connectivity index (χ0n) is 15.3. The lowest BCUT2D eigenvalue weighted by Crippen LogP contribution is -2.46. The summed E-state index contributed by atoms with van der Waals surface area (Å²) in [5.74, 6) is 0.630. The lowest BCUT2D eigenvalue weighted by Gasteiger charge is -2.27. The second-order valence-corrected chi connectivity index (χ2v) is 8.37. The first-order valence-corrected chi connectivity index (χ1v) is 10.2. The molecule has 142 valence electrons. The summed E-state index contributed by atoms with van der Waals surface area (Å²) in [5.41, 5.74) is 0. The molecule has 2 atom stereocenters. The van der Waals surface area contributed by atoms with E-state index in [0.717, 1.165) is 30.8 Å². The number of carbonyl (C=O) groups excluding carboxylic acids is 2. The van der Waals surface area contributed by atoms with Gasteiger partial charge in [0.2, 0.25) is 5.91 Å². The van der Waals surface area contributed by atoms with Gasteiger partial charge < -0.3 is 14.5 Å². The number of carbonyl (C=O) groups is 2. The van der Waals surface area contributed by atoms with Crippen molar-refractivity contribution in [3.63, 3.8) is 0 Å². The summed E-state index contributed by atoms with van der Waals surface area (Å²) in [5, 5.41) is 0. The number of thiophene rings is 1. The molecule has 0 aromatic carbocycles. The Labute approximate surface area is 162 Å². The van der Waals surface area contributed by atoms with Crippen LogP contribution in [0.4, 0.5) is 0 Å². The van der Waals surface area contributed by atoms with Gasteiger partial charge in [0, 0.05) is 30.6 Å². The van der Waals surface area contributed by atoms with E-state index < -0.39 is 6.04 Å². The normalized spacial score (nSPS) is 22.3. The van der Waals surface area contributed by atoms with Gasteiger partial charge in [0.15, 0.2) is 0 Å². The van der Waals surface area contributed by atoms with Crippen molar-refractivity contribution in [3.05, 3.63) is 46.4 Å². The summed E-state index contributed by atoms with van der Waals surface area (Å²) >= 11 is 1.47. The van der Waals surface area contributed by atoms with E-state index in [2.05, 4.69) is 4.98 Å². The van der Waals surface area contributed by atoms with Crippen LogP contribution in [0.15, 0.2) is 36.7 Å². The predicted octanol–water partition coefficient (Wildman–Crippen LogP) is 2.74. The van der Waals surface area contributed by atoms with E-state index in [4.69, 9.17) is 4.74 Å². The van der Waals surface area contributed by atoms with Crippen LogP contribution < -0.4 is 4.74 Å². The van der Waals surface area contributed by atoms with Crippen molar-refractivity contribution in [1.29, 1.82) is 0 Å². The van der Waals surface area contributed by atoms with Gasteiger partial charge in [-0.3, -0.25) is 14.6 Å². The Kier molecular flexibility index (Phi) is 5.11. The van der Waals surface area contributed by atoms with E-state index >= 15 is 0 Å². The van der Waals surface area contributed by atoms with Crippen LogP contribution in [-0.4, -0.2) is 58.4 Å². The SMILES string of the molecule is Cc1ccc(C(=O)N2C[C@@H](Oc3cccnc3)C[C@H]2C(=O)N2CCCC2)s1. The summed E-state index contributed by atoms with van der Waals surface area (Å²) in [7, 11) is 0. The van der Waals surface area contributed by atoms with Crippen molar-refractivity contribution in [1.82, 2.24) is 14.8 Å². The van der Waals surface area contributed by atoms with Crippen LogP contribution in [0.1, 0.15) is 33.8 Å². The molecule has 2 aliphatic heterocycles. The smallest absolute Gasteiger partial charge is 0.264 e. The average Bonchev–Trinajstić information content (AvgIpc) is 3.42. The standard InChI is InChI=1S/C20H23N3O3S/c1-14-6-7-18(27-14)20(25)23-13-16(26-15-5-4-8-21-12-15)11-17(23)19(24)22-9-2-3-10-22/h4-8,12,16-17H,2-3,9-11,13H2,1H3/t16-,17-/m0/s1. The van der Waals surface area contributed by atoms with Crippen LogP contribution in [0.5, 0.6) is 5.75 Å². The van der Waals surface area contributed by atoms with Crippen LogP contribution in [0.25, 0.3) is 0 Å². The highest BCUT2D eigenvalue weighted by Crippen LogP contribution is 2.28.